The molecule has 0 N–H and O–H groups in total. The minimum absolute atomic E-state index is 1.07. The van der Waals surface area contributed by atoms with E-state index in [2.05, 4.69) is 13.8 Å². The van der Waals surface area contributed by atoms with Crippen LogP contribution in [0, 0.1) is 11.8 Å². The first-order chi connectivity index (χ1) is 12.9. The van der Waals surface area contributed by atoms with E-state index in [9.17, 15) is 0 Å². The molecule has 0 bridgehead atoms. The fourth-order valence-electron chi connectivity index (χ4n) is 5.11. The fraction of sp³-hybridized carbons (Fsp3) is 1.00. The zero-order chi connectivity index (χ0) is 18.7. The van der Waals surface area contributed by atoms with Gasteiger partial charge in [0.05, 0.1) is 0 Å². The highest BCUT2D eigenvalue weighted by Crippen LogP contribution is 2.35. The summed E-state index contributed by atoms with van der Waals surface area (Å²) in [4.78, 5) is 0. The first-order valence-electron chi connectivity index (χ1n) is 12.9. The van der Waals surface area contributed by atoms with Gasteiger partial charge in [-0.25, -0.2) is 0 Å². The van der Waals surface area contributed by atoms with Crippen LogP contribution in [0.5, 0.6) is 0 Å². The van der Waals surface area contributed by atoms with E-state index in [1.165, 1.54) is 122 Å². The van der Waals surface area contributed by atoms with Crippen LogP contribution >= 0.6 is 0 Å². The van der Waals surface area contributed by atoms with Crippen LogP contribution in [0.3, 0.4) is 0 Å². The van der Waals surface area contributed by atoms with Gasteiger partial charge in [-0.15, -0.1) is 0 Å². The minimum atomic E-state index is 1.07. The van der Waals surface area contributed by atoms with Crippen LogP contribution in [0.4, 0.5) is 0 Å². The molecule has 0 aromatic rings. The third-order valence-electron chi connectivity index (χ3n) is 6.92. The van der Waals surface area contributed by atoms with E-state index in [1.807, 2.05) is 0 Å². The topological polar surface area (TPSA) is 0 Å². The van der Waals surface area contributed by atoms with Gasteiger partial charge < -0.3 is 0 Å². The molecule has 1 fully saturated rings. The van der Waals surface area contributed by atoms with Crippen LogP contribution in [0.15, 0.2) is 0 Å². The molecule has 156 valence electrons. The van der Waals surface area contributed by atoms with Crippen LogP contribution in [0.1, 0.15) is 155 Å². The second-order valence-electron chi connectivity index (χ2n) is 9.33. The Morgan fingerprint density at radius 2 is 0.923 bits per heavy atom. The monoisotopic (exact) mass is 364 g/mol. The zero-order valence-corrected chi connectivity index (χ0v) is 18.7. The van der Waals surface area contributed by atoms with Crippen molar-refractivity contribution in [3.63, 3.8) is 0 Å². The van der Waals surface area contributed by atoms with Gasteiger partial charge in [0.15, 0.2) is 0 Å². The van der Waals surface area contributed by atoms with E-state index in [0.29, 0.717) is 0 Å². The molecule has 0 heterocycles. The molecule has 0 saturated heterocycles. The number of hydrogen-bond acceptors (Lipinski definition) is 0. The van der Waals surface area contributed by atoms with Gasteiger partial charge in [0, 0.05) is 0 Å². The number of unbranched alkanes of at least 4 members (excludes halogenated alkanes) is 13. The molecule has 0 aromatic carbocycles. The van der Waals surface area contributed by atoms with Crippen molar-refractivity contribution >= 4 is 0 Å². The average molecular weight is 365 g/mol. The van der Waals surface area contributed by atoms with Crippen LogP contribution in [-0.4, -0.2) is 0 Å². The molecule has 0 aliphatic heterocycles. The summed E-state index contributed by atoms with van der Waals surface area (Å²) in [6.45, 7) is 4.67. The molecular formula is C26H52. The summed E-state index contributed by atoms with van der Waals surface area (Å²) in [5.74, 6) is 2.16. The van der Waals surface area contributed by atoms with E-state index in [1.54, 1.807) is 19.3 Å². The molecule has 1 unspecified atom stereocenters. The smallest absolute Gasteiger partial charge is 0.0386 e. The molecule has 0 heteroatoms. The molecule has 0 amide bonds. The molecular weight excluding hydrogens is 312 g/mol. The highest BCUT2D eigenvalue weighted by atomic mass is 14.3. The first-order valence-corrected chi connectivity index (χ1v) is 12.9. The Kier molecular flexibility index (Phi) is 17.0. The van der Waals surface area contributed by atoms with E-state index < -0.39 is 0 Å². The number of rotatable bonds is 18. The molecule has 1 saturated carbocycles. The summed E-state index contributed by atoms with van der Waals surface area (Å²) in [6.07, 6.45) is 32.8. The molecule has 0 radical (unpaired) electrons. The summed E-state index contributed by atoms with van der Waals surface area (Å²) in [5, 5.41) is 0. The van der Waals surface area contributed by atoms with Gasteiger partial charge in [0.25, 0.3) is 0 Å². The number of hydrogen-bond donors (Lipinski definition) is 0. The maximum Gasteiger partial charge on any atom is -0.0386 e. The van der Waals surface area contributed by atoms with Crippen molar-refractivity contribution in [1.29, 1.82) is 0 Å². The van der Waals surface area contributed by atoms with Crippen molar-refractivity contribution in [2.45, 2.75) is 155 Å². The zero-order valence-electron chi connectivity index (χ0n) is 18.7. The summed E-state index contributed by atoms with van der Waals surface area (Å²) in [6, 6.07) is 0. The molecule has 0 nitrogen and oxygen atoms in total. The Balaban J connectivity index is 1.92. The Bertz CT molecular complexity index is 263. The molecule has 1 rings (SSSR count). The summed E-state index contributed by atoms with van der Waals surface area (Å²) in [5.41, 5.74) is 0. The Morgan fingerprint density at radius 3 is 1.42 bits per heavy atom. The molecule has 1 aliphatic carbocycles. The van der Waals surface area contributed by atoms with E-state index >= 15 is 0 Å². The molecule has 1 aliphatic rings. The van der Waals surface area contributed by atoms with Crippen molar-refractivity contribution in [1.82, 2.24) is 0 Å². The van der Waals surface area contributed by atoms with Crippen LogP contribution < -0.4 is 0 Å². The first kappa shape index (κ1) is 24.0. The third kappa shape index (κ3) is 13.2. The van der Waals surface area contributed by atoms with Gasteiger partial charge in [-0.1, -0.05) is 155 Å². The molecule has 26 heavy (non-hydrogen) atoms. The summed E-state index contributed by atoms with van der Waals surface area (Å²) in [7, 11) is 0. The Labute approximate surface area is 167 Å². The maximum absolute atomic E-state index is 2.36. The van der Waals surface area contributed by atoms with Crippen molar-refractivity contribution in [2.24, 2.45) is 11.8 Å². The average Bonchev–Trinajstić information content (AvgIpc) is 2.68. The molecule has 0 aromatic heterocycles. The predicted octanol–water partition coefficient (Wildman–Crippen LogP) is 9.85. The Morgan fingerprint density at radius 1 is 0.500 bits per heavy atom. The van der Waals surface area contributed by atoms with Gasteiger partial charge in [-0.3, -0.25) is 0 Å². The van der Waals surface area contributed by atoms with Crippen LogP contribution in [0.25, 0.3) is 0 Å². The molecule has 1 atom stereocenters. The van der Waals surface area contributed by atoms with Crippen LogP contribution in [-0.2, 0) is 0 Å². The summed E-state index contributed by atoms with van der Waals surface area (Å²) < 4.78 is 0. The highest BCUT2D eigenvalue weighted by Gasteiger charge is 2.22. The lowest BCUT2D eigenvalue weighted by atomic mass is 9.75. The lowest BCUT2D eigenvalue weighted by Gasteiger charge is -2.30. The lowest BCUT2D eigenvalue weighted by molar-refractivity contribution is 0.216. The van der Waals surface area contributed by atoms with Gasteiger partial charge >= 0.3 is 0 Å². The van der Waals surface area contributed by atoms with Crippen molar-refractivity contribution in [3.8, 4) is 0 Å². The van der Waals surface area contributed by atoms with Gasteiger partial charge in [-0.2, -0.15) is 0 Å². The standard InChI is InChI=1S/C26H52/c1-3-5-7-8-9-10-11-12-13-14-15-16-18-22-25(21-6-4-2)26-23-19-17-20-24-26/h25-26H,3-24H2,1-2H3. The van der Waals surface area contributed by atoms with E-state index in [-0.39, 0.29) is 0 Å². The molecule has 0 spiro atoms. The van der Waals surface area contributed by atoms with E-state index in [4.69, 9.17) is 0 Å². The predicted molar refractivity (Wildman–Crippen MR) is 120 cm³/mol. The van der Waals surface area contributed by atoms with Gasteiger partial charge in [-0.05, 0) is 11.8 Å². The largest absolute Gasteiger partial charge is 0.0654 e. The Hall–Kier alpha value is 0. The maximum atomic E-state index is 2.36. The minimum Gasteiger partial charge on any atom is -0.0654 e. The third-order valence-corrected chi connectivity index (χ3v) is 6.92. The fourth-order valence-corrected chi connectivity index (χ4v) is 5.11. The van der Waals surface area contributed by atoms with E-state index in [0.717, 1.165) is 11.8 Å². The van der Waals surface area contributed by atoms with Crippen LogP contribution in [0.2, 0.25) is 0 Å². The van der Waals surface area contributed by atoms with Crippen molar-refractivity contribution < 1.29 is 0 Å². The second kappa shape index (κ2) is 18.4. The SMILES string of the molecule is CCCCCCCCCCCCCCCC(CCCC)C1CCCCC1. The van der Waals surface area contributed by atoms with Crippen molar-refractivity contribution in [3.05, 3.63) is 0 Å². The summed E-state index contributed by atoms with van der Waals surface area (Å²) >= 11 is 0. The highest BCUT2D eigenvalue weighted by molar-refractivity contribution is 4.74. The van der Waals surface area contributed by atoms with Gasteiger partial charge in [0.1, 0.15) is 0 Å². The van der Waals surface area contributed by atoms with Crippen molar-refractivity contribution in [2.75, 3.05) is 0 Å². The quantitative estimate of drug-likeness (QED) is 0.212. The second-order valence-corrected chi connectivity index (χ2v) is 9.33. The lowest BCUT2D eigenvalue weighted by Crippen LogP contribution is -2.18. The normalized spacial score (nSPS) is 16.8. The van der Waals surface area contributed by atoms with Gasteiger partial charge in [0.2, 0.25) is 0 Å².